The number of imidazole rings is 1. The Morgan fingerprint density at radius 1 is 1.10 bits per heavy atom. The predicted octanol–water partition coefficient (Wildman–Crippen LogP) is 4.45. The quantitative estimate of drug-likeness (QED) is 0.442. The van der Waals surface area contributed by atoms with Crippen molar-refractivity contribution in [2.75, 3.05) is 11.6 Å². The summed E-state index contributed by atoms with van der Waals surface area (Å²) in [5, 5.41) is 3.11. The fourth-order valence-electron chi connectivity index (χ4n) is 2.73. The first kappa shape index (κ1) is 21.5. The molecule has 0 radical (unpaired) electrons. The minimum Gasteiger partial charge on any atom is -0.448 e. The Hall–Kier alpha value is -3.20. The van der Waals surface area contributed by atoms with Crippen molar-refractivity contribution < 1.29 is 23.1 Å². The monoisotopic (exact) mass is 431 g/mol. The molecule has 0 bridgehead atoms. The molecule has 1 atom stereocenters. The largest absolute Gasteiger partial charge is 0.448 e. The van der Waals surface area contributed by atoms with Crippen LogP contribution in [0.25, 0.3) is 5.69 Å². The first-order valence-corrected chi connectivity index (χ1v) is 10.3. The third kappa shape index (κ3) is 4.85. The summed E-state index contributed by atoms with van der Waals surface area (Å²) in [6.07, 6.45) is 2.32. The number of rotatable bonds is 7. The zero-order valence-corrected chi connectivity index (χ0v) is 17.1. The molecule has 0 aliphatic carbocycles. The lowest BCUT2D eigenvalue weighted by Gasteiger charge is -2.17. The lowest BCUT2D eigenvalue weighted by molar-refractivity contribution is -0.124. The summed E-state index contributed by atoms with van der Waals surface area (Å²) in [4.78, 5) is 29.5. The van der Waals surface area contributed by atoms with Gasteiger partial charge in [0.2, 0.25) is 0 Å². The Labute approximate surface area is 176 Å². The zero-order valence-electron chi connectivity index (χ0n) is 16.3. The van der Waals surface area contributed by atoms with Gasteiger partial charge in [-0.2, -0.15) is 0 Å². The number of aromatic nitrogens is 2. The van der Waals surface area contributed by atoms with E-state index in [2.05, 4.69) is 10.3 Å². The molecule has 6 nitrogen and oxygen atoms in total. The van der Waals surface area contributed by atoms with Crippen molar-refractivity contribution in [3.63, 3.8) is 0 Å². The van der Waals surface area contributed by atoms with Crippen molar-refractivity contribution in [3.05, 3.63) is 72.1 Å². The second-order valence-corrected chi connectivity index (χ2v) is 7.01. The van der Waals surface area contributed by atoms with E-state index in [1.807, 2.05) is 0 Å². The van der Waals surface area contributed by atoms with Crippen LogP contribution in [0.1, 0.15) is 23.8 Å². The molecule has 30 heavy (non-hydrogen) atoms. The van der Waals surface area contributed by atoms with E-state index in [0.29, 0.717) is 16.5 Å². The van der Waals surface area contributed by atoms with Gasteiger partial charge in [0.15, 0.2) is 17.0 Å². The molecule has 1 unspecified atom stereocenters. The maximum absolute atomic E-state index is 13.3. The lowest BCUT2D eigenvalue weighted by atomic mass is 10.2. The Kier molecular flexibility index (Phi) is 6.83. The van der Waals surface area contributed by atoms with Gasteiger partial charge in [0, 0.05) is 11.4 Å². The molecule has 1 N–H and O–H groups in total. The minimum absolute atomic E-state index is 0.110. The first-order valence-electron chi connectivity index (χ1n) is 9.08. The molecule has 1 amide bonds. The highest BCUT2D eigenvalue weighted by atomic mass is 32.2. The van der Waals surface area contributed by atoms with Crippen LogP contribution >= 0.6 is 11.8 Å². The Bertz CT molecular complexity index is 1040. The summed E-state index contributed by atoms with van der Waals surface area (Å²) >= 11 is 1.31. The average Bonchev–Trinajstić information content (AvgIpc) is 3.18. The molecule has 9 heteroatoms. The molecule has 156 valence electrons. The van der Waals surface area contributed by atoms with Crippen LogP contribution in [0, 0.1) is 11.6 Å². The molecule has 0 saturated heterocycles. The number of carbonyl (C=O) groups excluding carboxylic acids is 2. The number of hydrogen-bond donors (Lipinski definition) is 1. The van der Waals surface area contributed by atoms with Gasteiger partial charge in [-0.05, 0) is 61.2 Å². The fourth-order valence-corrected chi connectivity index (χ4v) is 3.27. The van der Waals surface area contributed by atoms with Crippen molar-refractivity contribution in [2.24, 2.45) is 0 Å². The number of carbonyl (C=O) groups is 2. The second kappa shape index (κ2) is 9.53. The van der Waals surface area contributed by atoms with Gasteiger partial charge in [-0.15, -0.1) is 0 Å². The van der Waals surface area contributed by atoms with Crippen LogP contribution in [0.3, 0.4) is 0 Å². The van der Waals surface area contributed by atoms with Crippen molar-refractivity contribution in [1.82, 2.24) is 9.55 Å². The van der Waals surface area contributed by atoms with E-state index in [4.69, 9.17) is 4.74 Å². The van der Waals surface area contributed by atoms with Gasteiger partial charge in [-0.25, -0.2) is 18.6 Å². The van der Waals surface area contributed by atoms with Gasteiger partial charge in [0.25, 0.3) is 5.91 Å². The van der Waals surface area contributed by atoms with Gasteiger partial charge < -0.3 is 10.1 Å². The van der Waals surface area contributed by atoms with Crippen LogP contribution in [-0.2, 0) is 9.53 Å². The van der Waals surface area contributed by atoms with Gasteiger partial charge in [-0.3, -0.25) is 9.36 Å². The van der Waals surface area contributed by atoms with Gasteiger partial charge >= 0.3 is 5.97 Å². The Balaban J connectivity index is 1.80. The van der Waals surface area contributed by atoms with Crippen LogP contribution in [-0.4, -0.2) is 33.8 Å². The molecule has 2 aromatic carbocycles. The number of halogens is 2. The van der Waals surface area contributed by atoms with Crippen LogP contribution in [0.5, 0.6) is 0 Å². The van der Waals surface area contributed by atoms with Gasteiger partial charge in [-0.1, -0.05) is 18.7 Å². The van der Waals surface area contributed by atoms with Crippen LogP contribution < -0.4 is 5.32 Å². The highest BCUT2D eigenvalue weighted by Crippen LogP contribution is 2.23. The molecule has 3 aromatic rings. The van der Waals surface area contributed by atoms with Crippen molar-refractivity contribution in [3.8, 4) is 5.69 Å². The lowest BCUT2D eigenvalue weighted by Crippen LogP contribution is -2.32. The Morgan fingerprint density at radius 3 is 2.27 bits per heavy atom. The number of hydrogen-bond acceptors (Lipinski definition) is 5. The zero-order chi connectivity index (χ0) is 21.7. The number of esters is 1. The maximum atomic E-state index is 13.3. The van der Waals surface area contributed by atoms with Crippen molar-refractivity contribution >= 4 is 29.3 Å². The van der Waals surface area contributed by atoms with E-state index in [1.54, 1.807) is 13.2 Å². The number of nitrogens with one attached hydrogen (secondary N) is 1. The number of anilines is 1. The number of thioether (sulfide) groups is 1. The molecule has 3 rings (SSSR count). The summed E-state index contributed by atoms with van der Waals surface area (Å²) in [6, 6.07) is 10.9. The number of ether oxygens (including phenoxy) is 1. The number of amides is 1. The average molecular weight is 431 g/mol. The molecule has 0 aliphatic rings. The van der Waals surface area contributed by atoms with Gasteiger partial charge in [0.1, 0.15) is 11.6 Å². The van der Waals surface area contributed by atoms with Crippen molar-refractivity contribution in [2.45, 2.75) is 24.6 Å². The second-order valence-electron chi connectivity index (χ2n) is 6.24. The first-order chi connectivity index (χ1) is 14.4. The van der Waals surface area contributed by atoms with Crippen LogP contribution in [0.2, 0.25) is 0 Å². The third-order valence-electron chi connectivity index (χ3n) is 4.23. The van der Waals surface area contributed by atoms with E-state index < -0.39 is 29.6 Å². The number of benzene rings is 2. The minimum atomic E-state index is -1.06. The normalized spacial score (nSPS) is 11.7. The topological polar surface area (TPSA) is 73.2 Å². The SMILES string of the molecule is CCC(OC(=O)c1cnc(SC)n1-c1ccc(F)cc1)C(=O)Nc1ccc(F)cc1. The highest BCUT2D eigenvalue weighted by Gasteiger charge is 2.26. The van der Waals surface area contributed by atoms with Crippen LogP contribution in [0.4, 0.5) is 14.5 Å². The molecule has 0 spiro atoms. The summed E-state index contributed by atoms with van der Waals surface area (Å²) in [5.41, 5.74) is 1.03. The molecular weight excluding hydrogens is 412 g/mol. The summed E-state index contributed by atoms with van der Waals surface area (Å²) in [6.45, 7) is 1.70. The van der Waals surface area contributed by atoms with Gasteiger partial charge in [0.05, 0.1) is 6.20 Å². The van der Waals surface area contributed by atoms with E-state index in [0.717, 1.165) is 0 Å². The summed E-state index contributed by atoms with van der Waals surface area (Å²) in [5.74, 6) is -2.11. The fraction of sp³-hybridized carbons (Fsp3) is 0.190. The molecule has 1 aromatic heterocycles. The van der Waals surface area contributed by atoms with E-state index in [1.165, 1.54) is 71.1 Å². The van der Waals surface area contributed by atoms with E-state index in [-0.39, 0.29) is 12.1 Å². The van der Waals surface area contributed by atoms with E-state index >= 15 is 0 Å². The summed E-state index contributed by atoms with van der Waals surface area (Å²) < 4.78 is 33.3. The predicted molar refractivity (Wildman–Crippen MR) is 110 cm³/mol. The third-order valence-corrected chi connectivity index (χ3v) is 4.88. The molecule has 0 aliphatic heterocycles. The number of nitrogens with zero attached hydrogens (tertiary/aromatic N) is 2. The molecule has 0 saturated carbocycles. The maximum Gasteiger partial charge on any atom is 0.357 e. The smallest absolute Gasteiger partial charge is 0.357 e. The molecule has 0 fully saturated rings. The molecule has 1 heterocycles. The highest BCUT2D eigenvalue weighted by molar-refractivity contribution is 7.98. The summed E-state index contributed by atoms with van der Waals surface area (Å²) in [7, 11) is 0. The van der Waals surface area contributed by atoms with E-state index in [9.17, 15) is 18.4 Å². The Morgan fingerprint density at radius 2 is 1.70 bits per heavy atom. The molecular formula is C21H19F2N3O3S. The standard InChI is InChI=1S/C21H19F2N3O3S/c1-3-18(19(27)25-15-8-4-13(22)5-9-15)29-20(28)17-12-24-21(30-2)26(17)16-10-6-14(23)7-11-16/h4-12,18H,3H2,1-2H3,(H,25,27). The van der Waals surface area contributed by atoms with Crippen LogP contribution in [0.15, 0.2) is 59.9 Å². The van der Waals surface area contributed by atoms with Crippen molar-refractivity contribution in [1.29, 1.82) is 0 Å².